The Bertz CT molecular complexity index is 521. The highest BCUT2D eigenvalue weighted by Crippen LogP contribution is 2.31. The normalized spacial score (nSPS) is 12.4. The van der Waals surface area contributed by atoms with E-state index in [1.807, 2.05) is 6.92 Å². The molecular weight excluding hydrogens is 274 g/mol. The quantitative estimate of drug-likeness (QED) is 0.908. The zero-order valence-corrected chi connectivity index (χ0v) is 13.3. The number of nitrogens with zero attached hydrogens (tertiary/aromatic N) is 1. The van der Waals surface area contributed by atoms with Crippen LogP contribution >= 0.6 is 0 Å². The van der Waals surface area contributed by atoms with Crippen LogP contribution in [0, 0.1) is 17.0 Å². The van der Waals surface area contributed by atoms with Crippen LogP contribution in [-0.4, -0.2) is 22.9 Å². The summed E-state index contributed by atoms with van der Waals surface area (Å²) in [4.78, 5) is 14.3. The number of nitrogens with two attached hydrogens (primary N) is 1. The van der Waals surface area contributed by atoms with Crippen LogP contribution in [0.25, 0.3) is 0 Å². The molecular formula is C16H24F2N2O. The third kappa shape index (κ3) is 3.79. The van der Waals surface area contributed by atoms with Crippen molar-refractivity contribution in [3.63, 3.8) is 0 Å². The molecule has 1 aromatic rings. The zero-order valence-electron chi connectivity index (χ0n) is 13.3. The van der Waals surface area contributed by atoms with Gasteiger partial charge in [-0.1, -0.05) is 6.07 Å². The summed E-state index contributed by atoms with van der Waals surface area (Å²) in [6.45, 7) is 9.74. The topological polar surface area (TPSA) is 46.3 Å². The standard InChI is InChI=1S/C16H24F2N2O/c1-6-20(14(21)15(2,3)16(4,5)19)10-11-7-8-12(17)13(18)9-11/h7-9H,6,10,19H2,1-5H3. The van der Waals surface area contributed by atoms with Gasteiger partial charge in [0.15, 0.2) is 11.6 Å². The average molecular weight is 298 g/mol. The van der Waals surface area contributed by atoms with E-state index < -0.39 is 22.6 Å². The fourth-order valence-electron chi connectivity index (χ4n) is 1.86. The van der Waals surface area contributed by atoms with Crippen molar-refractivity contribution < 1.29 is 13.6 Å². The number of rotatable bonds is 5. The summed E-state index contributed by atoms with van der Waals surface area (Å²) in [6, 6.07) is 3.67. The average Bonchev–Trinajstić information content (AvgIpc) is 2.37. The molecule has 0 saturated heterocycles. The van der Waals surface area contributed by atoms with Gasteiger partial charge in [-0.05, 0) is 52.3 Å². The van der Waals surface area contributed by atoms with Crippen molar-refractivity contribution in [2.75, 3.05) is 6.54 Å². The van der Waals surface area contributed by atoms with Gasteiger partial charge in [0.05, 0.1) is 5.41 Å². The highest BCUT2D eigenvalue weighted by Gasteiger charge is 2.42. The third-order valence-corrected chi connectivity index (χ3v) is 4.17. The molecule has 0 bridgehead atoms. The van der Waals surface area contributed by atoms with Gasteiger partial charge in [0.25, 0.3) is 0 Å². The van der Waals surface area contributed by atoms with E-state index in [4.69, 9.17) is 5.73 Å². The van der Waals surface area contributed by atoms with E-state index in [1.165, 1.54) is 6.07 Å². The lowest BCUT2D eigenvalue weighted by atomic mass is 9.74. The Kier molecular flexibility index (Phi) is 5.10. The van der Waals surface area contributed by atoms with Crippen LogP contribution < -0.4 is 5.73 Å². The summed E-state index contributed by atoms with van der Waals surface area (Å²) in [5, 5.41) is 0. The predicted octanol–water partition coefficient (Wildman–Crippen LogP) is 3.08. The largest absolute Gasteiger partial charge is 0.338 e. The molecule has 21 heavy (non-hydrogen) atoms. The Morgan fingerprint density at radius 1 is 1.19 bits per heavy atom. The molecule has 5 heteroatoms. The van der Waals surface area contributed by atoms with E-state index in [0.717, 1.165) is 12.1 Å². The maximum Gasteiger partial charge on any atom is 0.230 e. The Labute approximate surface area is 125 Å². The maximum atomic E-state index is 13.3. The molecule has 118 valence electrons. The van der Waals surface area contributed by atoms with Crippen LogP contribution in [0.5, 0.6) is 0 Å². The van der Waals surface area contributed by atoms with Crippen LogP contribution in [0.1, 0.15) is 40.2 Å². The van der Waals surface area contributed by atoms with Crippen molar-refractivity contribution in [1.29, 1.82) is 0 Å². The zero-order chi connectivity index (χ0) is 16.4. The van der Waals surface area contributed by atoms with Gasteiger partial charge in [-0.2, -0.15) is 0 Å². The van der Waals surface area contributed by atoms with E-state index in [0.29, 0.717) is 12.1 Å². The molecule has 2 N–H and O–H groups in total. The molecule has 0 radical (unpaired) electrons. The molecule has 1 aromatic carbocycles. The van der Waals surface area contributed by atoms with Crippen LogP contribution in [-0.2, 0) is 11.3 Å². The second kappa shape index (κ2) is 6.10. The summed E-state index contributed by atoms with van der Waals surface area (Å²) in [5.74, 6) is -1.91. The fourth-order valence-corrected chi connectivity index (χ4v) is 1.86. The van der Waals surface area contributed by atoms with Gasteiger partial charge >= 0.3 is 0 Å². The van der Waals surface area contributed by atoms with Crippen molar-refractivity contribution in [3.8, 4) is 0 Å². The van der Waals surface area contributed by atoms with Crippen molar-refractivity contribution in [2.45, 2.75) is 46.7 Å². The number of hydrogen-bond acceptors (Lipinski definition) is 2. The first-order valence-corrected chi connectivity index (χ1v) is 7.03. The molecule has 0 aliphatic rings. The lowest BCUT2D eigenvalue weighted by Gasteiger charge is -2.40. The first-order valence-electron chi connectivity index (χ1n) is 7.03. The first-order chi connectivity index (χ1) is 9.50. The lowest BCUT2D eigenvalue weighted by Crippen LogP contribution is -2.56. The van der Waals surface area contributed by atoms with Crippen LogP contribution in [0.3, 0.4) is 0 Å². The van der Waals surface area contributed by atoms with Crippen LogP contribution in [0.15, 0.2) is 18.2 Å². The summed E-state index contributed by atoms with van der Waals surface area (Å²) in [6.07, 6.45) is 0. The van der Waals surface area contributed by atoms with Gasteiger partial charge in [0.1, 0.15) is 0 Å². The molecule has 0 atom stereocenters. The fraction of sp³-hybridized carbons (Fsp3) is 0.562. The molecule has 0 unspecified atom stereocenters. The van der Waals surface area contributed by atoms with Crippen molar-refractivity contribution in [3.05, 3.63) is 35.4 Å². The molecule has 1 rings (SSSR count). The number of halogens is 2. The molecule has 0 aliphatic carbocycles. The molecule has 0 aliphatic heterocycles. The summed E-state index contributed by atoms with van der Waals surface area (Å²) >= 11 is 0. The van der Waals surface area contributed by atoms with Crippen molar-refractivity contribution in [2.24, 2.45) is 11.1 Å². The molecule has 0 saturated carbocycles. The summed E-state index contributed by atoms with van der Waals surface area (Å²) in [7, 11) is 0. The monoisotopic (exact) mass is 298 g/mol. The smallest absolute Gasteiger partial charge is 0.230 e. The second-order valence-electron chi connectivity index (χ2n) is 6.41. The highest BCUT2D eigenvalue weighted by atomic mass is 19.2. The minimum absolute atomic E-state index is 0.109. The second-order valence-corrected chi connectivity index (χ2v) is 6.41. The van der Waals surface area contributed by atoms with E-state index in [-0.39, 0.29) is 12.5 Å². The number of benzene rings is 1. The minimum Gasteiger partial charge on any atom is -0.338 e. The van der Waals surface area contributed by atoms with E-state index in [9.17, 15) is 13.6 Å². The molecule has 0 aromatic heterocycles. The molecule has 0 spiro atoms. The van der Waals surface area contributed by atoms with Gasteiger partial charge < -0.3 is 10.6 Å². The van der Waals surface area contributed by atoms with Crippen LogP contribution in [0.2, 0.25) is 0 Å². The van der Waals surface area contributed by atoms with Crippen LogP contribution in [0.4, 0.5) is 8.78 Å². The Balaban J connectivity index is 2.98. The van der Waals surface area contributed by atoms with E-state index >= 15 is 0 Å². The highest BCUT2D eigenvalue weighted by molar-refractivity contribution is 5.83. The first kappa shape index (κ1) is 17.6. The number of carbonyl (C=O) groups is 1. The van der Waals surface area contributed by atoms with Crippen molar-refractivity contribution >= 4 is 5.91 Å². The Morgan fingerprint density at radius 3 is 2.19 bits per heavy atom. The number of hydrogen-bond donors (Lipinski definition) is 1. The maximum absolute atomic E-state index is 13.3. The number of amides is 1. The van der Waals surface area contributed by atoms with Gasteiger partial charge in [0.2, 0.25) is 5.91 Å². The van der Waals surface area contributed by atoms with Crippen molar-refractivity contribution in [1.82, 2.24) is 4.90 Å². The third-order valence-electron chi connectivity index (χ3n) is 4.17. The van der Waals surface area contributed by atoms with E-state index in [2.05, 4.69) is 0 Å². The lowest BCUT2D eigenvalue weighted by molar-refractivity contribution is -0.144. The number of carbonyl (C=O) groups excluding carboxylic acids is 1. The van der Waals surface area contributed by atoms with Gasteiger partial charge in [0, 0.05) is 18.6 Å². The molecule has 0 fully saturated rings. The summed E-state index contributed by atoms with van der Waals surface area (Å²) in [5.41, 5.74) is 5.19. The SMILES string of the molecule is CCN(Cc1ccc(F)c(F)c1)C(=O)C(C)(C)C(C)(C)N. The van der Waals surface area contributed by atoms with Gasteiger partial charge in [-0.15, -0.1) is 0 Å². The summed E-state index contributed by atoms with van der Waals surface area (Å²) < 4.78 is 26.2. The molecule has 3 nitrogen and oxygen atoms in total. The van der Waals surface area contributed by atoms with Gasteiger partial charge in [-0.3, -0.25) is 4.79 Å². The Hall–Kier alpha value is -1.49. The minimum atomic E-state index is -0.908. The molecule has 1 amide bonds. The Morgan fingerprint density at radius 2 is 1.76 bits per heavy atom. The van der Waals surface area contributed by atoms with Gasteiger partial charge in [-0.25, -0.2) is 8.78 Å². The molecule has 0 heterocycles. The predicted molar refractivity (Wildman–Crippen MR) is 79.5 cm³/mol. The van der Waals surface area contributed by atoms with E-state index in [1.54, 1.807) is 32.6 Å².